The summed E-state index contributed by atoms with van der Waals surface area (Å²) in [6.07, 6.45) is 10.7. The molecule has 118 valence electrons. The Kier molecular flexibility index (Phi) is 5.51. The van der Waals surface area contributed by atoms with Gasteiger partial charge in [-0.15, -0.1) is 0 Å². The largest absolute Gasteiger partial charge is 0.290 e. The van der Waals surface area contributed by atoms with Crippen LogP contribution >= 0.6 is 0 Å². The predicted octanol–water partition coefficient (Wildman–Crippen LogP) is 4.61. The second-order valence-electron chi connectivity index (χ2n) is 6.72. The Bertz CT molecular complexity index is 495. The van der Waals surface area contributed by atoms with Crippen molar-refractivity contribution in [3.05, 3.63) is 35.6 Å². The van der Waals surface area contributed by atoms with Crippen LogP contribution in [0.5, 0.6) is 0 Å². The van der Waals surface area contributed by atoms with E-state index in [9.17, 15) is 4.39 Å². The summed E-state index contributed by atoms with van der Waals surface area (Å²) in [7, 11) is 0. The maximum atomic E-state index is 13.0. The minimum absolute atomic E-state index is 0.189. The predicted molar refractivity (Wildman–Crippen MR) is 89.1 cm³/mol. The van der Waals surface area contributed by atoms with Crippen LogP contribution < -0.4 is 0 Å². The Hall–Kier alpha value is -1.33. The van der Waals surface area contributed by atoms with Crippen LogP contribution in [0, 0.1) is 23.6 Å². The molecule has 3 rings (SSSR count). The van der Waals surface area contributed by atoms with E-state index in [1.807, 2.05) is 0 Å². The number of rotatable bonds is 2. The smallest absolute Gasteiger partial charge is 0.123 e. The second kappa shape index (κ2) is 7.79. The van der Waals surface area contributed by atoms with Gasteiger partial charge in [-0.05, 0) is 69.0 Å². The van der Waals surface area contributed by atoms with E-state index < -0.39 is 0 Å². The fourth-order valence-corrected chi connectivity index (χ4v) is 3.84. The highest BCUT2D eigenvalue weighted by Gasteiger charge is 2.28. The number of piperidine rings is 1. The first-order valence-corrected chi connectivity index (χ1v) is 8.84. The highest BCUT2D eigenvalue weighted by Crippen LogP contribution is 2.30. The lowest BCUT2D eigenvalue weighted by atomic mass is 9.82. The van der Waals surface area contributed by atoms with Gasteiger partial charge in [-0.2, -0.15) is 0 Å². The third-order valence-corrected chi connectivity index (χ3v) is 5.09. The zero-order valence-electron chi connectivity index (χ0n) is 13.4. The van der Waals surface area contributed by atoms with Gasteiger partial charge in [-0.3, -0.25) is 4.90 Å². The molecule has 2 fully saturated rings. The standard InChI is InChI=1S/C20H26FN/c21-19-12-9-17(10-13-19)11-14-20(18-7-3-1-4-8-18)22-15-5-2-6-16-22/h9-10,12-13,18,20H,1-8,15-16H2. The average Bonchev–Trinajstić information content (AvgIpc) is 2.59. The molecule has 0 aromatic heterocycles. The van der Waals surface area contributed by atoms with Crippen LogP contribution in [0.2, 0.25) is 0 Å². The Balaban J connectivity index is 1.76. The lowest BCUT2D eigenvalue weighted by molar-refractivity contribution is 0.133. The van der Waals surface area contributed by atoms with Crippen molar-refractivity contribution in [3.63, 3.8) is 0 Å². The summed E-state index contributed by atoms with van der Waals surface area (Å²) in [5.74, 6) is 7.39. The fourth-order valence-electron chi connectivity index (χ4n) is 3.84. The van der Waals surface area contributed by atoms with E-state index in [4.69, 9.17) is 0 Å². The SMILES string of the molecule is Fc1ccc(C#CC(C2CCCCC2)N2CCCCC2)cc1. The quantitative estimate of drug-likeness (QED) is 0.721. The van der Waals surface area contributed by atoms with Crippen molar-refractivity contribution in [3.8, 4) is 11.8 Å². The molecule has 1 aliphatic heterocycles. The van der Waals surface area contributed by atoms with Crippen LogP contribution in [0.1, 0.15) is 56.9 Å². The number of hydrogen-bond acceptors (Lipinski definition) is 1. The van der Waals surface area contributed by atoms with Gasteiger partial charge in [0.25, 0.3) is 0 Å². The molecule has 1 atom stereocenters. The van der Waals surface area contributed by atoms with Gasteiger partial charge in [-0.1, -0.05) is 37.5 Å². The summed E-state index contributed by atoms with van der Waals surface area (Å²) in [4.78, 5) is 2.61. The minimum Gasteiger partial charge on any atom is -0.290 e. The molecule has 0 N–H and O–H groups in total. The third kappa shape index (κ3) is 4.11. The monoisotopic (exact) mass is 299 g/mol. The Morgan fingerprint density at radius 1 is 0.909 bits per heavy atom. The van der Waals surface area contributed by atoms with Gasteiger partial charge in [0.05, 0.1) is 6.04 Å². The molecule has 2 heteroatoms. The molecule has 0 bridgehead atoms. The second-order valence-corrected chi connectivity index (χ2v) is 6.72. The van der Waals surface area contributed by atoms with E-state index in [0.29, 0.717) is 6.04 Å². The molecule has 1 heterocycles. The molecule has 1 aliphatic carbocycles. The van der Waals surface area contributed by atoms with E-state index >= 15 is 0 Å². The highest BCUT2D eigenvalue weighted by atomic mass is 19.1. The number of hydrogen-bond donors (Lipinski definition) is 0. The van der Waals surface area contributed by atoms with Crippen molar-refractivity contribution in [2.24, 2.45) is 5.92 Å². The van der Waals surface area contributed by atoms with E-state index in [2.05, 4.69) is 16.7 Å². The van der Waals surface area contributed by atoms with Gasteiger partial charge in [0, 0.05) is 5.56 Å². The molecule has 1 aromatic rings. The van der Waals surface area contributed by atoms with E-state index in [-0.39, 0.29) is 5.82 Å². The summed E-state index contributed by atoms with van der Waals surface area (Å²) in [5, 5.41) is 0. The van der Waals surface area contributed by atoms with Crippen LogP contribution in [0.15, 0.2) is 24.3 Å². The first-order chi connectivity index (χ1) is 10.8. The van der Waals surface area contributed by atoms with Crippen molar-refractivity contribution in [1.29, 1.82) is 0 Å². The molecular weight excluding hydrogens is 273 g/mol. The maximum absolute atomic E-state index is 13.0. The van der Waals surface area contributed by atoms with E-state index in [1.165, 1.54) is 76.6 Å². The summed E-state index contributed by atoms with van der Waals surface area (Å²) < 4.78 is 13.0. The molecule has 1 saturated carbocycles. The number of likely N-dealkylation sites (tertiary alicyclic amines) is 1. The molecule has 0 amide bonds. The Morgan fingerprint density at radius 3 is 2.23 bits per heavy atom. The molecular formula is C20H26FN. The van der Waals surface area contributed by atoms with Crippen molar-refractivity contribution in [2.45, 2.75) is 57.4 Å². The summed E-state index contributed by atoms with van der Waals surface area (Å²) >= 11 is 0. The van der Waals surface area contributed by atoms with Crippen molar-refractivity contribution >= 4 is 0 Å². The average molecular weight is 299 g/mol. The van der Waals surface area contributed by atoms with Crippen LogP contribution in [-0.2, 0) is 0 Å². The molecule has 0 spiro atoms. The van der Waals surface area contributed by atoms with Crippen LogP contribution in [0.3, 0.4) is 0 Å². The Morgan fingerprint density at radius 2 is 1.55 bits per heavy atom. The molecule has 1 aromatic carbocycles. The molecule has 0 radical (unpaired) electrons. The first kappa shape index (κ1) is 15.6. The van der Waals surface area contributed by atoms with Crippen molar-refractivity contribution < 1.29 is 4.39 Å². The van der Waals surface area contributed by atoms with E-state index in [1.54, 1.807) is 12.1 Å². The topological polar surface area (TPSA) is 3.24 Å². The lowest BCUT2D eigenvalue weighted by Gasteiger charge is -2.37. The summed E-state index contributed by atoms with van der Waals surface area (Å²) in [6, 6.07) is 6.97. The molecule has 1 saturated heterocycles. The fraction of sp³-hybridized carbons (Fsp3) is 0.600. The van der Waals surface area contributed by atoms with Crippen LogP contribution in [-0.4, -0.2) is 24.0 Å². The maximum Gasteiger partial charge on any atom is 0.123 e. The van der Waals surface area contributed by atoms with Crippen molar-refractivity contribution in [1.82, 2.24) is 4.90 Å². The molecule has 22 heavy (non-hydrogen) atoms. The number of benzene rings is 1. The van der Waals surface area contributed by atoms with Crippen LogP contribution in [0.4, 0.5) is 4.39 Å². The molecule has 2 aliphatic rings. The van der Waals surface area contributed by atoms with Gasteiger partial charge >= 0.3 is 0 Å². The van der Waals surface area contributed by atoms with Gasteiger partial charge in [0.1, 0.15) is 5.82 Å². The minimum atomic E-state index is -0.189. The van der Waals surface area contributed by atoms with Gasteiger partial charge < -0.3 is 0 Å². The Labute approximate surface area is 133 Å². The number of nitrogens with zero attached hydrogens (tertiary/aromatic N) is 1. The normalized spacial score (nSPS) is 21.9. The summed E-state index contributed by atoms with van der Waals surface area (Å²) in [6.45, 7) is 2.39. The van der Waals surface area contributed by atoms with Gasteiger partial charge in [0.15, 0.2) is 0 Å². The lowest BCUT2D eigenvalue weighted by Crippen LogP contribution is -2.43. The molecule has 1 unspecified atom stereocenters. The van der Waals surface area contributed by atoms with Gasteiger partial charge in [0.2, 0.25) is 0 Å². The third-order valence-electron chi connectivity index (χ3n) is 5.09. The zero-order valence-corrected chi connectivity index (χ0v) is 13.4. The first-order valence-electron chi connectivity index (χ1n) is 8.84. The highest BCUT2D eigenvalue weighted by molar-refractivity contribution is 5.35. The van der Waals surface area contributed by atoms with Crippen LogP contribution in [0.25, 0.3) is 0 Å². The number of halogens is 1. The van der Waals surface area contributed by atoms with Crippen molar-refractivity contribution in [2.75, 3.05) is 13.1 Å². The van der Waals surface area contributed by atoms with E-state index in [0.717, 1.165) is 11.5 Å². The van der Waals surface area contributed by atoms with Gasteiger partial charge in [-0.25, -0.2) is 4.39 Å². The zero-order chi connectivity index (χ0) is 15.2. The summed E-state index contributed by atoms with van der Waals surface area (Å²) in [5.41, 5.74) is 0.930. The molecule has 1 nitrogen and oxygen atoms in total.